The molecule has 4 aromatic rings. The third-order valence-corrected chi connectivity index (χ3v) is 7.68. The molecule has 5 nitrogen and oxygen atoms in total. The fourth-order valence-electron chi connectivity index (χ4n) is 3.21. The minimum Gasteiger partial charge on any atom is -0.493 e. The van der Waals surface area contributed by atoms with E-state index in [0.29, 0.717) is 29.5 Å². The molecule has 3 heterocycles. The van der Waals surface area contributed by atoms with Gasteiger partial charge in [0.2, 0.25) is 0 Å². The summed E-state index contributed by atoms with van der Waals surface area (Å²) in [5.41, 5.74) is 1.63. The number of carbonyl (C=O) groups excluding carboxylic acids is 1. The van der Waals surface area contributed by atoms with Crippen molar-refractivity contribution in [2.45, 2.75) is 20.0 Å². The topological polar surface area (TPSA) is 51.7 Å². The lowest BCUT2D eigenvalue weighted by molar-refractivity contribution is 0.0737. The van der Waals surface area contributed by atoms with E-state index in [1.165, 1.54) is 11.3 Å². The summed E-state index contributed by atoms with van der Waals surface area (Å²) < 4.78 is 10.7. The van der Waals surface area contributed by atoms with Gasteiger partial charge in [-0.25, -0.2) is 4.98 Å². The van der Waals surface area contributed by atoms with Gasteiger partial charge in [-0.2, -0.15) is 0 Å². The van der Waals surface area contributed by atoms with Crippen LogP contribution in [0.25, 0.3) is 10.6 Å². The molecule has 0 unspecified atom stereocenters. The summed E-state index contributed by atoms with van der Waals surface area (Å²) in [5.74, 6) is 1.30. The van der Waals surface area contributed by atoms with Crippen molar-refractivity contribution in [3.05, 3.63) is 73.6 Å². The van der Waals surface area contributed by atoms with E-state index in [0.717, 1.165) is 26.0 Å². The molecule has 0 radical (unpaired) electrons. The summed E-state index contributed by atoms with van der Waals surface area (Å²) in [6.07, 6.45) is 0. The van der Waals surface area contributed by atoms with Crippen LogP contribution in [0.4, 0.5) is 0 Å². The summed E-state index contributed by atoms with van der Waals surface area (Å²) >= 11 is 4.74. The van der Waals surface area contributed by atoms with Gasteiger partial charge in [0.25, 0.3) is 5.91 Å². The molecule has 0 N–H and O–H groups in total. The van der Waals surface area contributed by atoms with Gasteiger partial charge in [0.05, 0.1) is 33.0 Å². The van der Waals surface area contributed by atoms with Crippen LogP contribution in [0.5, 0.6) is 11.5 Å². The predicted octanol–water partition coefficient (Wildman–Crippen LogP) is 6.10. The van der Waals surface area contributed by atoms with E-state index in [1.54, 1.807) is 36.9 Å². The van der Waals surface area contributed by atoms with Crippen LogP contribution < -0.4 is 9.47 Å². The quantitative estimate of drug-likeness (QED) is 0.312. The summed E-state index contributed by atoms with van der Waals surface area (Å²) in [5, 5.41) is 4.86. The van der Waals surface area contributed by atoms with E-state index in [2.05, 4.69) is 17.1 Å². The van der Waals surface area contributed by atoms with E-state index in [1.807, 2.05) is 52.9 Å². The highest BCUT2D eigenvalue weighted by molar-refractivity contribution is 7.17. The number of rotatable bonds is 8. The van der Waals surface area contributed by atoms with Crippen molar-refractivity contribution < 1.29 is 14.3 Å². The summed E-state index contributed by atoms with van der Waals surface area (Å²) in [4.78, 5) is 23.1. The van der Waals surface area contributed by atoms with E-state index in [4.69, 9.17) is 9.47 Å². The van der Waals surface area contributed by atoms with Crippen LogP contribution >= 0.6 is 34.0 Å². The van der Waals surface area contributed by atoms with Crippen LogP contribution in [0, 0.1) is 6.92 Å². The van der Waals surface area contributed by atoms with Crippen molar-refractivity contribution in [1.82, 2.24) is 9.88 Å². The normalized spacial score (nSPS) is 10.8. The van der Waals surface area contributed by atoms with Gasteiger partial charge < -0.3 is 14.4 Å². The molecule has 0 saturated heterocycles. The highest BCUT2D eigenvalue weighted by atomic mass is 32.1. The maximum atomic E-state index is 13.5. The van der Waals surface area contributed by atoms with E-state index < -0.39 is 0 Å². The van der Waals surface area contributed by atoms with E-state index >= 15 is 0 Å². The highest BCUT2D eigenvalue weighted by Gasteiger charge is 2.23. The third-order valence-electron chi connectivity index (χ3n) is 4.76. The Bertz CT molecular complexity index is 1110. The Morgan fingerprint density at radius 3 is 2.16 bits per heavy atom. The molecule has 0 spiro atoms. The van der Waals surface area contributed by atoms with Crippen molar-refractivity contribution >= 4 is 39.9 Å². The lowest BCUT2D eigenvalue weighted by Gasteiger charge is -2.21. The van der Waals surface area contributed by atoms with Gasteiger partial charge in [-0.15, -0.1) is 34.0 Å². The van der Waals surface area contributed by atoms with Gasteiger partial charge in [-0.05, 0) is 48.0 Å². The Hall–Kier alpha value is -2.68. The summed E-state index contributed by atoms with van der Waals surface area (Å²) in [6, 6.07) is 13.8. The molecular weight excluding hydrogens is 448 g/mol. The maximum absolute atomic E-state index is 13.5. The molecule has 0 bridgehead atoms. The fraction of sp³-hybridized carbons (Fsp3) is 0.217. The number of hydrogen-bond acceptors (Lipinski definition) is 7. The SMILES string of the molecule is COc1ccc(-c2nc(C)c(C(=O)N(Cc3cccs3)Cc3cccs3)s2)cc1OC. The zero-order valence-electron chi connectivity index (χ0n) is 17.5. The second-order valence-corrected chi connectivity index (χ2v) is 9.89. The van der Waals surface area contributed by atoms with Gasteiger partial charge in [0, 0.05) is 15.3 Å². The van der Waals surface area contributed by atoms with Crippen molar-refractivity contribution in [2.75, 3.05) is 14.2 Å². The molecule has 0 aliphatic heterocycles. The standard InChI is InChI=1S/C23H22N2O3S3/c1-15-21(31-22(24-15)16-8-9-19(27-2)20(12-16)28-3)23(26)25(13-17-6-4-10-29-17)14-18-7-5-11-30-18/h4-12H,13-14H2,1-3H3. The number of aromatic nitrogens is 1. The Morgan fingerprint density at radius 1 is 0.968 bits per heavy atom. The minimum atomic E-state index is 0.00327. The molecule has 0 fully saturated rings. The first kappa shape index (κ1) is 21.5. The number of aryl methyl sites for hydroxylation is 1. The highest BCUT2D eigenvalue weighted by Crippen LogP contribution is 2.35. The van der Waals surface area contributed by atoms with E-state index in [-0.39, 0.29) is 5.91 Å². The molecule has 0 aliphatic rings. The third kappa shape index (κ3) is 4.81. The number of ether oxygens (including phenoxy) is 2. The zero-order valence-corrected chi connectivity index (χ0v) is 19.9. The van der Waals surface area contributed by atoms with Gasteiger partial charge in [-0.3, -0.25) is 4.79 Å². The average molecular weight is 471 g/mol. The number of thiazole rings is 1. The van der Waals surface area contributed by atoms with Crippen molar-refractivity contribution in [2.24, 2.45) is 0 Å². The Kier molecular flexibility index (Phi) is 6.70. The van der Waals surface area contributed by atoms with E-state index in [9.17, 15) is 4.79 Å². The van der Waals surface area contributed by atoms with Crippen LogP contribution in [0.15, 0.2) is 53.2 Å². The molecule has 0 aliphatic carbocycles. The van der Waals surface area contributed by atoms with Crippen LogP contribution in [0.3, 0.4) is 0 Å². The Labute approximate surface area is 193 Å². The average Bonchev–Trinajstić information content (AvgIpc) is 3.55. The molecule has 8 heteroatoms. The number of nitrogens with zero attached hydrogens (tertiary/aromatic N) is 2. The predicted molar refractivity (Wildman–Crippen MR) is 128 cm³/mol. The van der Waals surface area contributed by atoms with Crippen molar-refractivity contribution in [3.8, 4) is 22.1 Å². The van der Waals surface area contributed by atoms with Crippen molar-refractivity contribution in [3.63, 3.8) is 0 Å². The van der Waals surface area contributed by atoms with Crippen LogP contribution in [0.2, 0.25) is 0 Å². The number of hydrogen-bond donors (Lipinski definition) is 0. The molecular formula is C23H22N2O3S3. The second-order valence-electron chi connectivity index (χ2n) is 6.82. The second kappa shape index (κ2) is 9.64. The first-order valence-electron chi connectivity index (χ1n) is 9.63. The van der Waals surface area contributed by atoms with Crippen molar-refractivity contribution in [1.29, 1.82) is 0 Å². The molecule has 0 saturated carbocycles. The Morgan fingerprint density at radius 2 is 1.61 bits per heavy atom. The molecule has 0 atom stereocenters. The fourth-order valence-corrected chi connectivity index (χ4v) is 5.68. The lowest BCUT2D eigenvalue weighted by atomic mass is 10.2. The van der Waals surface area contributed by atoms with Crippen LogP contribution in [-0.2, 0) is 13.1 Å². The summed E-state index contributed by atoms with van der Waals surface area (Å²) in [6.45, 7) is 3.05. The van der Waals surface area contributed by atoms with Crippen LogP contribution in [-0.4, -0.2) is 30.0 Å². The summed E-state index contributed by atoms with van der Waals surface area (Å²) in [7, 11) is 3.22. The number of thiophene rings is 2. The number of benzene rings is 1. The molecule has 160 valence electrons. The maximum Gasteiger partial charge on any atom is 0.266 e. The van der Waals surface area contributed by atoms with Gasteiger partial charge in [0.15, 0.2) is 11.5 Å². The molecule has 1 amide bonds. The molecule has 3 aromatic heterocycles. The van der Waals surface area contributed by atoms with Gasteiger partial charge in [-0.1, -0.05) is 12.1 Å². The number of carbonyl (C=O) groups is 1. The lowest BCUT2D eigenvalue weighted by Crippen LogP contribution is -2.29. The smallest absolute Gasteiger partial charge is 0.266 e. The molecule has 4 rings (SSSR count). The minimum absolute atomic E-state index is 0.00327. The zero-order chi connectivity index (χ0) is 21.8. The van der Waals surface area contributed by atoms with Gasteiger partial charge in [0.1, 0.15) is 9.88 Å². The Balaban J connectivity index is 1.64. The number of amides is 1. The first-order chi connectivity index (χ1) is 15.1. The molecule has 31 heavy (non-hydrogen) atoms. The monoisotopic (exact) mass is 470 g/mol. The van der Waals surface area contributed by atoms with Crippen LogP contribution in [0.1, 0.15) is 25.1 Å². The molecule has 1 aromatic carbocycles. The van der Waals surface area contributed by atoms with Gasteiger partial charge >= 0.3 is 0 Å². The largest absolute Gasteiger partial charge is 0.493 e. The number of methoxy groups -OCH3 is 2. The first-order valence-corrected chi connectivity index (χ1v) is 12.2.